The highest BCUT2D eigenvalue weighted by molar-refractivity contribution is 7.91. The van der Waals surface area contributed by atoms with E-state index in [0.717, 1.165) is 35.0 Å². The number of methoxy groups -OCH3 is 1. The van der Waals surface area contributed by atoms with Gasteiger partial charge >= 0.3 is 0 Å². The number of amides is 4. The van der Waals surface area contributed by atoms with Crippen LogP contribution in [0.15, 0.2) is 42.6 Å². The fourth-order valence-electron chi connectivity index (χ4n) is 8.83. The van der Waals surface area contributed by atoms with Crippen LogP contribution in [0.2, 0.25) is 0 Å². The van der Waals surface area contributed by atoms with Crippen molar-refractivity contribution < 1.29 is 37.1 Å². The van der Waals surface area contributed by atoms with Crippen LogP contribution in [0, 0.1) is 5.92 Å². The molecule has 5 heterocycles. The van der Waals surface area contributed by atoms with Crippen LogP contribution in [0.4, 0.5) is 0 Å². The lowest BCUT2D eigenvalue weighted by Gasteiger charge is -2.37. The summed E-state index contributed by atoms with van der Waals surface area (Å²) in [6.07, 6.45) is 11.7. The largest absolute Gasteiger partial charge is 0.497 e. The number of hydrogen-bond donors (Lipinski definition) is 3. The summed E-state index contributed by atoms with van der Waals surface area (Å²) in [7, 11) is -2.38. The number of aromatic nitrogens is 3. The molecule has 3 aromatic rings. The molecule has 58 heavy (non-hydrogen) atoms. The first-order valence-corrected chi connectivity index (χ1v) is 22.1. The first kappa shape index (κ1) is 39.8. The van der Waals surface area contributed by atoms with Crippen molar-refractivity contribution in [2.45, 2.75) is 132 Å². The number of rotatable bonds is 8. The second kappa shape index (κ2) is 15.0. The van der Waals surface area contributed by atoms with Gasteiger partial charge in [0.25, 0.3) is 11.8 Å². The fourth-order valence-corrected chi connectivity index (χ4v) is 10.1. The molecule has 3 fully saturated rings. The monoisotopic (exact) mass is 815 g/mol. The normalized spacial score (nSPS) is 28.5. The van der Waals surface area contributed by atoms with Crippen molar-refractivity contribution in [2.75, 3.05) is 13.7 Å². The van der Waals surface area contributed by atoms with Crippen LogP contribution in [-0.2, 0) is 43.8 Å². The van der Waals surface area contributed by atoms with Gasteiger partial charge in [0, 0.05) is 36.0 Å². The number of carbonyl (C=O) groups excluding carboxylic acids is 4. The molecular formula is C42H53N7O8S. The van der Waals surface area contributed by atoms with Crippen molar-refractivity contribution in [3.05, 3.63) is 59.6 Å². The predicted molar refractivity (Wildman–Crippen MR) is 215 cm³/mol. The van der Waals surface area contributed by atoms with E-state index in [9.17, 15) is 27.6 Å². The molecule has 0 unspecified atom stereocenters. The first-order valence-electron chi connectivity index (χ1n) is 20.6. The van der Waals surface area contributed by atoms with E-state index in [1.54, 1.807) is 31.0 Å². The fraction of sp³-hybridized carbons (Fsp3) is 0.571. The Balaban J connectivity index is 1.15. The van der Waals surface area contributed by atoms with E-state index in [4.69, 9.17) is 14.5 Å². The maximum absolute atomic E-state index is 14.9. The van der Waals surface area contributed by atoms with Gasteiger partial charge in [-0.25, -0.2) is 13.4 Å². The van der Waals surface area contributed by atoms with Crippen LogP contribution >= 0.6 is 0 Å². The Labute approximate surface area is 338 Å². The smallest absolute Gasteiger partial charge is 0.272 e. The Morgan fingerprint density at radius 1 is 1.09 bits per heavy atom. The lowest BCUT2D eigenvalue weighted by Crippen LogP contribution is -2.58. The number of carbonyl (C=O) groups is 4. The summed E-state index contributed by atoms with van der Waals surface area (Å²) in [5.41, 5.74) is 0.238. The zero-order valence-corrected chi connectivity index (χ0v) is 34.5. The van der Waals surface area contributed by atoms with Crippen molar-refractivity contribution >= 4 is 44.6 Å². The number of pyridine rings is 1. The van der Waals surface area contributed by atoms with Gasteiger partial charge in [-0.3, -0.25) is 28.6 Å². The zero-order chi connectivity index (χ0) is 41.0. The van der Waals surface area contributed by atoms with E-state index < -0.39 is 67.5 Å². The number of nitrogens with zero attached hydrogens (tertiary/aromatic N) is 4. The second-order valence-corrected chi connectivity index (χ2v) is 19.1. The lowest BCUT2D eigenvalue weighted by molar-refractivity contribution is -0.141. The second-order valence-electron chi connectivity index (χ2n) is 16.9. The van der Waals surface area contributed by atoms with E-state index in [1.165, 1.54) is 4.90 Å². The highest BCUT2D eigenvalue weighted by atomic mass is 32.2. The Hall–Kier alpha value is -4.99. The summed E-state index contributed by atoms with van der Waals surface area (Å²) in [6.45, 7) is 6.14. The van der Waals surface area contributed by atoms with Gasteiger partial charge < -0.3 is 25.0 Å². The highest BCUT2D eigenvalue weighted by Gasteiger charge is 2.64. The van der Waals surface area contributed by atoms with E-state index in [-0.39, 0.29) is 25.1 Å². The van der Waals surface area contributed by atoms with Crippen LogP contribution in [0.25, 0.3) is 10.9 Å². The van der Waals surface area contributed by atoms with Crippen LogP contribution in [0.5, 0.6) is 11.5 Å². The number of sulfonamides is 1. The maximum Gasteiger partial charge on any atom is 0.272 e. The summed E-state index contributed by atoms with van der Waals surface area (Å²) < 4.78 is 42.0. The summed E-state index contributed by atoms with van der Waals surface area (Å²) in [4.78, 5) is 63.8. The average Bonchev–Trinajstić information content (AvgIpc) is 4.01. The van der Waals surface area contributed by atoms with Gasteiger partial charge in [-0.2, -0.15) is 5.10 Å². The molecule has 15 nitrogen and oxygen atoms in total. The third-order valence-electron chi connectivity index (χ3n) is 12.9. The molecule has 4 amide bonds. The zero-order valence-electron chi connectivity index (χ0n) is 33.6. The van der Waals surface area contributed by atoms with Gasteiger partial charge in [-0.05, 0) is 95.9 Å². The molecule has 2 saturated carbocycles. The Morgan fingerprint density at radius 2 is 1.90 bits per heavy atom. The summed E-state index contributed by atoms with van der Waals surface area (Å²) in [6, 6.07) is 5.29. The number of aryl methyl sites for hydroxylation is 3. The van der Waals surface area contributed by atoms with Gasteiger partial charge in [0.05, 0.1) is 29.6 Å². The number of allylic oxidation sites excluding steroid dienone is 1. The van der Waals surface area contributed by atoms with Crippen molar-refractivity contribution in [1.82, 2.24) is 35.0 Å². The topological polar surface area (TPSA) is 191 Å². The van der Waals surface area contributed by atoms with E-state index in [1.807, 2.05) is 44.2 Å². The van der Waals surface area contributed by atoms with Crippen LogP contribution in [-0.4, -0.2) is 93.3 Å². The predicted octanol–water partition coefficient (Wildman–Crippen LogP) is 3.88. The average molecular weight is 816 g/mol. The van der Waals surface area contributed by atoms with Crippen LogP contribution in [0.1, 0.15) is 107 Å². The minimum absolute atomic E-state index is 0.0504. The molecule has 1 aromatic carbocycles. The molecule has 5 atom stereocenters. The molecule has 2 aromatic heterocycles. The van der Waals surface area contributed by atoms with Crippen LogP contribution in [0.3, 0.4) is 0 Å². The maximum atomic E-state index is 14.9. The lowest BCUT2D eigenvalue weighted by atomic mass is 9.87. The quantitative estimate of drug-likeness (QED) is 0.282. The Morgan fingerprint density at radius 3 is 2.62 bits per heavy atom. The third kappa shape index (κ3) is 7.21. The molecular weight excluding hydrogens is 763 g/mol. The molecule has 0 bridgehead atoms. The Bertz CT molecular complexity index is 2300. The van der Waals surface area contributed by atoms with E-state index >= 15 is 0 Å². The van der Waals surface area contributed by atoms with Gasteiger partial charge in [0.1, 0.15) is 40.4 Å². The molecule has 310 valence electrons. The minimum Gasteiger partial charge on any atom is -0.497 e. The van der Waals surface area contributed by atoms with Gasteiger partial charge in [0.15, 0.2) is 0 Å². The van der Waals surface area contributed by atoms with E-state index in [0.29, 0.717) is 69.4 Å². The van der Waals surface area contributed by atoms with Crippen molar-refractivity contribution in [3.63, 3.8) is 0 Å². The van der Waals surface area contributed by atoms with Crippen molar-refractivity contribution in [3.8, 4) is 11.5 Å². The molecule has 8 rings (SSSR count). The molecule has 1 saturated heterocycles. The summed E-state index contributed by atoms with van der Waals surface area (Å²) in [5.74, 6) is -1.40. The third-order valence-corrected chi connectivity index (χ3v) is 15.1. The number of ether oxygens (including phenoxy) is 2. The summed E-state index contributed by atoms with van der Waals surface area (Å²) >= 11 is 0. The molecule has 2 aliphatic carbocycles. The first-order chi connectivity index (χ1) is 27.7. The molecule has 3 aliphatic heterocycles. The molecule has 0 radical (unpaired) electrons. The summed E-state index contributed by atoms with van der Waals surface area (Å²) in [5, 5.41) is 11.2. The molecule has 1 spiro atoms. The molecule has 16 heteroatoms. The van der Waals surface area contributed by atoms with Crippen molar-refractivity contribution in [2.24, 2.45) is 5.92 Å². The van der Waals surface area contributed by atoms with E-state index in [2.05, 4.69) is 20.5 Å². The SMILES string of the molecule is CCc1nc2ccc(OC)cc2c2c1O[C@]1(CC2)C[C@H]2C(=O)N[C@]3(C(=O)NS(=O)(=O)C4(C)CC4)C[C@H]3/C=C\CCCCC[C@H](NC(=O)c3ccn(CC)n3)C(=O)N2C1. The highest BCUT2D eigenvalue weighted by Crippen LogP contribution is 2.49. The van der Waals surface area contributed by atoms with Gasteiger partial charge in [0.2, 0.25) is 21.8 Å². The number of hydrogen-bond acceptors (Lipinski definition) is 10. The van der Waals surface area contributed by atoms with Gasteiger partial charge in [-0.1, -0.05) is 31.9 Å². The standard InChI is InChI=1S/C42H53N7O8S/c1-5-30-35-28(29-22-27(56-4)14-15-31(29)43-30)16-18-41(57-35)24-34-37(51)45-42(39(53)47-58(54,55)40(3)19-20-40)23-26(42)12-10-8-7-9-11-13-33(38(52)49(34)25-41)44-36(50)32-17-21-48(6-2)46-32/h10,12,14-15,17,21-22,26,33-34H,5-9,11,13,16,18-20,23-25H2,1-4H3,(H,44,50)(H,45,51)(H,47,53)/b12-10-/t26-,33+,34+,41-,42-/m1/s1. The van der Waals surface area contributed by atoms with Crippen molar-refractivity contribution in [1.29, 1.82) is 0 Å². The number of benzene rings is 1. The molecule has 3 N–H and O–H groups in total. The number of fused-ring (bicyclic) bond motifs is 5. The van der Waals surface area contributed by atoms with Crippen LogP contribution < -0.4 is 24.8 Å². The Kier molecular flexibility index (Phi) is 10.3. The van der Waals surface area contributed by atoms with Gasteiger partial charge in [-0.15, -0.1) is 0 Å². The number of nitrogens with one attached hydrogen (secondary N) is 3. The molecule has 5 aliphatic rings. The minimum atomic E-state index is -4.00.